The van der Waals surface area contributed by atoms with Crippen molar-refractivity contribution in [2.45, 2.75) is 37.9 Å². The van der Waals surface area contributed by atoms with Crippen LogP contribution in [0.1, 0.15) is 25.0 Å². The number of aliphatic hydroxyl groups is 1. The number of hydrogen-bond acceptors (Lipinski definition) is 4. The third-order valence-electron chi connectivity index (χ3n) is 5.04. The van der Waals surface area contributed by atoms with E-state index in [4.69, 9.17) is 9.15 Å². The highest BCUT2D eigenvalue weighted by Gasteiger charge is 2.42. The lowest BCUT2D eigenvalue weighted by atomic mass is 9.88. The van der Waals surface area contributed by atoms with Gasteiger partial charge >= 0.3 is 6.03 Å². The molecule has 0 radical (unpaired) electrons. The number of aryl methyl sites for hydroxylation is 1. The lowest BCUT2D eigenvalue weighted by Gasteiger charge is -2.38. The number of hydrogen-bond donors (Lipinski definition) is 2. The standard InChI is InChI=1S/C18H22N2O4/c1-12-8-13-9-14(2-3-16(13)24-12)19-17(22)20-6-4-18(5-7-20)10-15(21)11-23-18/h2-3,8-9,15,21H,4-7,10-11H2,1H3,(H,19,22)/t15-/m1/s1. The Kier molecular flexibility index (Phi) is 3.73. The molecule has 1 spiro atoms. The van der Waals surface area contributed by atoms with Crippen LogP contribution in [0.5, 0.6) is 0 Å². The van der Waals surface area contributed by atoms with Gasteiger partial charge in [-0.25, -0.2) is 4.79 Å². The van der Waals surface area contributed by atoms with Gasteiger partial charge in [0.15, 0.2) is 0 Å². The van der Waals surface area contributed by atoms with Gasteiger partial charge in [-0.2, -0.15) is 0 Å². The van der Waals surface area contributed by atoms with Gasteiger partial charge in [-0.3, -0.25) is 0 Å². The van der Waals surface area contributed by atoms with Crippen LogP contribution in [0, 0.1) is 6.92 Å². The van der Waals surface area contributed by atoms with E-state index in [9.17, 15) is 9.90 Å². The molecule has 0 bridgehead atoms. The number of amides is 2. The largest absolute Gasteiger partial charge is 0.461 e. The lowest BCUT2D eigenvalue weighted by molar-refractivity contribution is -0.0365. The number of ether oxygens (including phenoxy) is 1. The lowest BCUT2D eigenvalue weighted by Crippen LogP contribution is -2.47. The fourth-order valence-corrected chi connectivity index (χ4v) is 3.74. The molecule has 2 amide bonds. The third-order valence-corrected chi connectivity index (χ3v) is 5.04. The number of nitrogens with zero attached hydrogens (tertiary/aromatic N) is 1. The van der Waals surface area contributed by atoms with E-state index >= 15 is 0 Å². The summed E-state index contributed by atoms with van der Waals surface area (Å²) in [5.74, 6) is 0.855. The molecular formula is C18H22N2O4. The zero-order valence-corrected chi connectivity index (χ0v) is 13.7. The maximum absolute atomic E-state index is 12.5. The van der Waals surface area contributed by atoms with Crippen molar-refractivity contribution in [3.8, 4) is 0 Å². The van der Waals surface area contributed by atoms with E-state index in [-0.39, 0.29) is 17.7 Å². The highest BCUT2D eigenvalue weighted by atomic mass is 16.5. The molecule has 6 nitrogen and oxygen atoms in total. The van der Waals surface area contributed by atoms with Gasteiger partial charge in [0.2, 0.25) is 0 Å². The SMILES string of the molecule is Cc1cc2cc(NC(=O)N3CCC4(CC3)C[C@@H](O)CO4)ccc2o1. The van der Waals surface area contributed by atoms with Crippen molar-refractivity contribution in [1.29, 1.82) is 0 Å². The molecule has 2 saturated heterocycles. The third kappa shape index (κ3) is 2.87. The molecule has 0 saturated carbocycles. The summed E-state index contributed by atoms with van der Waals surface area (Å²) in [6.45, 7) is 3.61. The minimum absolute atomic E-state index is 0.0945. The molecule has 0 unspecified atom stereocenters. The van der Waals surface area contributed by atoms with Crippen molar-refractivity contribution in [2.75, 3.05) is 25.0 Å². The summed E-state index contributed by atoms with van der Waals surface area (Å²) in [7, 11) is 0. The van der Waals surface area contributed by atoms with Crippen LogP contribution in [-0.4, -0.2) is 47.4 Å². The number of nitrogens with one attached hydrogen (secondary N) is 1. The number of carbonyl (C=O) groups excluding carboxylic acids is 1. The summed E-state index contributed by atoms with van der Waals surface area (Å²) >= 11 is 0. The molecule has 4 rings (SSSR count). The summed E-state index contributed by atoms with van der Waals surface area (Å²) in [5, 5.41) is 13.6. The number of rotatable bonds is 1. The molecular weight excluding hydrogens is 308 g/mol. The van der Waals surface area contributed by atoms with Crippen LogP contribution in [-0.2, 0) is 4.74 Å². The van der Waals surface area contributed by atoms with Crippen LogP contribution >= 0.6 is 0 Å². The minimum atomic E-state index is -0.365. The highest BCUT2D eigenvalue weighted by molar-refractivity contribution is 5.92. The van der Waals surface area contributed by atoms with E-state index in [0.717, 1.165) is 35.3 Å². The quantitative estimate of drug-likeness (QED) is 0.843. The number of benzene rings is 1. The van der Waals surface area contributed by atoms with Crippen molar-refractivity contribution in [3.63, 3.8) is 0 Å². The molecule has 2 aliphatic rings. The van der Waals surface area contributed by atoms with Crippen LogP contribution in [0.15, 0.2) is 28.7 Å². The van der Waals surface area contributed by atoms with Gasteiger partial charge < -0.3 is 24.5 Å². The van der Waals surface area contributed by atoms with Crippen molar-refractivity contribution in [2.24, 2.45) is 0 Å². The molecule has 2 aliphatic heterocycles. The van der Waals surface area contributed by atoms with Gasteiger partial charge in [0.05, 0.1) is 18.3 Å². The van der Waals surface area contributed by atoms with Crippen LogP contribution < -0.4 is 5.32 Å². The van der Waals surface area contributed by atoms with Crippen LogP contribution in [0.3, 0.4) is 0 Å². The maximum Gasteiger partial charge on any atom is 0.321 e. The zero-order chi connectivity index (χ0) is 16.7. The average molecular weight is 330 g/mol. The van der Waals surface area contributed by atoms with Gasteiger partial charge in [-0.05, 0) is 44.0 Å². The summed E-state index contributed by atoms with van der Waals surface area (Å²) in [6, 6.07) is 7.51. The molecule has 0 aliphatic carbocycles. The molecule has 2 N–H and O–H groups in total. The van der Waals surface area contributed by atoms with Gasteiger partial charge in [-0.1, -0.05) is 0 Å². The molecule has 1 atom stereocenters. The molecule has 1 aromatic carbocycles. The Hall–Kier alpha value is -2.05. The Labute approximate surface area is 140 Å². The van der Waals surface area contributed by atoms with E-state index in [1.807, 2.05) is 36.1 Å². The van der Waals surface area contributed by atoms with Gasteiger partial charge in [0.1, 0.15) is 11.3 Å². The summed E-state index contributed by atoms with van der Waals surface area (Å²) < 4.78 is 11.3. The van der Waals surface area contributed by atoms with Crippen molar-refractivity contribution in [3.05, 3.63) is 30.0 Å². The molecule has 24 heavy (non-hydrogen) atoms. The van der Waals surface area contributed by atoms with Crippen LogP contribution in [0.4, 0.5) is 10.5 Å². The maximum atomic E-state index is 12.5. The molecule has 3 heterocycles. The molecule has 2 fully saturated rings. The van der Waals surface area contributed by atoms with Gasteiger partial charge in [-0.15, -0.1) is 0 Å². The number of fused-ring (bicyclic) bond motifs is 1. The number of anilines is 1. The predicted molar refractivity (Wildman–Crippen MR) is 90.1 cm³/mol. The number of urea groups is 1. The van der Waals surface area contributed by atoms with Crippen molar-refractivity contribution in [1.82, 2.24) is 4.90 Å². The number of carbonyl (C=O) groups is 1. The average Bonchev–Trinajstić information content (AvgIpc) is 3.09. The van der Waals surface area contributed by atoms with E-state index in [2.05, 4.69) is 5.32 Å². The smallest absolute Gasteiger partial charge is 0.321 e. The predicted octanol–water partition coefficient (Wildman–Crippen LogP) is 2.89. The fraction of sp³-hybridized carbons (Fsp3) is 0.500. The Balaban J connectivity index is 1.39. The van der Waals surface area contributed by atoms with Crippen LogP contribution in [0.2, 0.25) is 0 Å². The second-order valence-electron chi connectivity index (χ2n) is 6.88. The van der Waals surface area contributed by atoms with E-state index < -0.39 is 0 Å². The molecule has 6 heteroatoms. The highest BCUT2D eigenvalue weighted by Crippen LogP contribution is 2.36. The fourth-order valence-electron chi connectivity index (χ4n) is 3.74. The normalized spacial score (nSPS) is 23.1. The summed E-state index contributed by atoms with van der Waals surface area (Å²) in [4.78, 5) is 14.3. The molecule has 1 aromatic heterocycles. The second-order valence-corrected chi connectivity index (χ2v) is 6.88. The zero-order valence-electron chi connectivity index (χ0n) is 13.7. The summed E-state index contributed by atoms with van der Waals surface area (Å²) in [5.41, 5.74) is 1.35. The van der Waals surface area contributed by atoms with Crippen molar-refractivity contribution < 1.29 is 19.1 Å². The minimum Gasteiger partial charge on any atom is -0.461 e. The van der Waals surface area contributed by atoms with E-state index in [1.54, 1.807) is 0 Å². The first kappa shape index (κ1) is 15.5. The Bertz CT molecular complexity index is 761. The topological polar surface area (TPSA) is 74.9 Å². The monoisotopic (exact) mass is 330 g/mol. The summed E-state index contributed by atoms with van der Waals surface area (Å²) in [6.07, 6.45) is 1.86. The number of piperidine rings is 1. The van der Waals surface area contributed by atoms with Crippen molar-refractivity contribution >= 4 is 22.7 Å². The Morgan fingerprint density at radius 1 is 1.33 bits per heavy atom. The van der Waals surface area contributed by atoms with Crippen LogP contribution in [0.25, 0.3) is 11.0 Å². The van der Waals surface area contributed by atoms with E-state index in [0.29, 0.717) is 26.1 Å². The molecule has 128 valence electrons. The van der Waals surface area contributed by atoms with Gasteiger partial charge in [0, 0.05) is 30.6 Å². The molecule has 2 aromatic rings. The number of aliphatic hydroxyl groups excluding tert-OH is 1. The van der Waals surface area contributed by atoms with Gasteiger partial charge in [0.25, 0.3) is 0 Å². The first-order chi connectivity index (χ1) is 11.5. The van der Waals surface area contributed by atoms with E-state index in [1.165, 1.54) is 0 Å². The first-order valence-electron chi connectivity index (χ1n) is 8.41. The Morgan fingerprint density at radius 2 is 2.12 bits per heavy atom. The first-order valence-corrected chi connectivity index (χ1v) is 8.41. The second kappa shape index (κ2) is 5.79. The Morgan fingerprint density at radius 3 is 2.83 bits per heavy atom. The number of likely N-dealkylation sites (tertiary alicyclic amines) is 1. The number of furan rings is 1.